The molecule has 0 saturated heterocycles. The van der Waals surface area contributed by atoms with Crippen LogP contribution in [-0.4, -0.2) is 42.5 Å². The quantitative estimate of drug-likeness (QED) is 0.817. The van der Waals surface area contributed by atoms with E-state index in [0.717, 1.165) is 6.54 Å². The zero-order valence-corrected chi connectivity index (χ0v) is 10.6. The van der Waals surface area contributed by atoms with Crippen LogP contribution in [-0.2, 0) is 4.79 Å². The largest absolute Gasteiger partial charge is 0.507 e. The number of imide groups is 1. The van der Waals surface area contributed by atoms with Crippen molar-refractivity contribution in [2.75, 3.05) is 20.6 Å². The first-order valence-corrected chi connectivity index (χ1v) is 5.77. The van der Waals surface area contributed by atoms with Gasteiger partial charge >= 0.3 is 0 Å². The van der Waals surface area contributed by atoms with Crippen LogP contribution in [0.1, 0.15) is 23.2 Å². The number of carbonyl (C=O) groups is 2. The molecule has 0 aliphatic carbocycles. The lowest BCUT2D eigenvalue weighted by Gasteiger charge is -2.09. The number of nitrogens with one attached hydrogen (secondary N) is 1. The monoisotopic (exact) mass is 250 g/mol. The van der Waals surface area contributed by atoms with Gasteiger partial charge in [0.15, 0.2) is 0 Å². The lowest BCUT2D eigenvalue weighted by atomic mass is 10.2. The van der Waals surface area contributed by atoms with Crippen molar-refractivity contribution in [1.82, 2.24) is 10.2 Å². The van der Waals surface area contributed by atoms with Crippen LogP contribution in [0.5, 0.6) is 5.75 Å². The minimum absolute atomic E-state index is 0.110. The number of phenols is 1. The molecule has 2 N–H and O–H groups in total. The fourth-order valence-corrected chi connectivity index (χ4v) is 1.48. The Morgan fingerprint density at radius 1 is 1.28 bits per heavy atom. The van der Waals surface area contributed by atoms with Gasteiger partial charge in [-0.05, 0) is 39.2 Å². The lowest BCUT2D eigenvalue weighted by Crippen LogP contribution is -2.30. The third-order valence-electron chi connectivity index (χ3n) is 2.41. The number of para-hydroxylation sites is 1. The van der Waals surface area contributed by atoms with E-state index in [1.807, 2.05) is 19.0 Å². The summed E-state index contributed by atoms with van der Waals surface area (Å²) in [6.07, 6.45) is 0.977. The highest BCUT2D eigenvalue weighted by Crippen LogP contribution is 2.14. The van der Waals surface area contributed by atoms with E-state index in [2.05, 4.69) is 5.32 Å². The molecule has 0 bridgehead atoms. The molecular formula is C13H18N2O3. The van der Waals surface area contributed by atoms with Crippen LogP contribution in [0.2, 0.25) is 0 Å². The number of phenolic OH excluding ortho intramolecular Hbond substituents is 1. The van der Waals surface area contributed by atoms with Crippen LogP contribution in [0.3, 0.4) is 0 Å². The summed E-state index contributed by atoms with van der Waals surface area (Å²) in [5.74, 6) is -1.02. The fourth-order valence-electron chi connectivity index (χ4n) is 1.48. The van der Waals surface area contributed by atoms with Crippen molar-refractivity contribution >= 4 is 11.8 Å². The van der Waals surface area contributed by atoms with Gasteiger partial charge in [0.1, 0.15) is 5.75 Å². The highest BCUT2D eigenvalue weighted by Gasteiger charge is 2.13. The first-order valence-electron chi connectivity index (χ1n) is 5.77. The van der Waals surface area contributed by atoms with E-state index in [1.54, 1.807) is 12.1 Å². The summed E-state index contributed by atoms with van der Waals surface area (Å²) >= 11 is 0. The van der Waals surface area contributed by atoms with Gasteiger partial charge in [-0.25, -0.2) is 0 Å². The van der Waals surface area contributed by atoms with Crippen molar-refractivity contribution in [3.05, 3.63) is 29.8 Å². The summed E-state index contributed by atoms with van der Waals surface area (Å²) in [7, 11) is 3.84. The molecule has 0 spiro atoms. The van der Waals surface area contributed by atoms with Gasteiger partial charge in [-0.2, -0.15) is 0 Å². The van der Waals surface area contributed by atoms with Gasteiger partial charge in [0.05, 0.1) is 5.56 Å². The van der Waals surface area contributed by atoms with Gasteiger partial charge in [0.2, 0.25) is 5.91 Å². The molecule has 0 aliphatic heterocycles. The Labute approximate surface area is 106 Å². The molecule has 0 radical (unpaired) electrons. The molecule has 0 aromatic heterocycles. The SMILES string of the molecule is CN(C)CCCC(=O)NC(=O)c1ccccc1O. The predicted octanol–water partition coefficient (Wildman–Crippen LogP) is 0.990. The molecule has 2 amide bonds. The Morgan fingerprint density at radius 3 is 2.56 bits per heavy atom. The highest BCUT2D eigenvalue weighted by atomic mass is 16.3. The van der Waals surface area contributed by atoms with Gasteiger partial charge in [0, 0.05) is 6.42 Å². The Kier molecular flexibility index (Phi) is 5.32. The number of hydrogen-bond acceptors (Lipinski definition) is 4. The number of hydrogen-bond donors (Lipinski definition) is 2. The molecule has 5 heteroatoms. The molecule has 0 saturated carbocycles. The molecule has 0 aliphatic rings. The summed E-state index contributed by atoms with van der Waals surface area (Å²) in [5.41, 5.74) is 0.110. The Morgan fingerprint density at radius 2 is 1.94 bits per heavy atom. The smallest absolute Gasteiger partial charge is 0.261 e. The minimum Gasteiger partial charge on any atom is -0.507 e. The van der Waals surface area contributed by atoms with Gasteiger partial charge in [0.25, 0.3) is 5.91 Å². The van der Waals surface area contributed by atoms with Crippen LogP contribution >= 0.6 is 0 Å². The molecule has 18 heavy (non-hydrogen) atoms. The highest BCUT2D eigenvalue weighted by molar-refractivity contribution is 6.06. The molecule has 0 heterocycles. The summed E-state index contributed by atoms with van der Waals surface area (Å²) < 4.78 is 0. The Hall–Kier alpha value is -1.88. The first-order chi connectivity index (χ1) is 8.50. The van der Waals surface area contributed by atoms with Crippen molar-refractivity contribution in [2.24, 2.45) is 0 Å². The predicted molar refractivity (Wildman–Crippen MR) is 68.4 cm³/mol. The Bertz CT molecular complexity index is 430. The number of aromatic hydroxyl groups is 1. The first kappa shape index (κ1) is 14.2. The number of amides is 2. The fraction of sp³-hybridized carbons (Fsp3) is 0.385. The lowest BCUT2D eigenvalue weighted by molar-refractivity contribution is -0.120. The normalized spacial score (nSPS) is 10.4. The van der Waals surface area contributed by atoms with Gasteiger partial charge in [-0.1, -0.05) is 12.1 Å². The number of rotatable bonds is 5. The summed E-state index contributed by atoms with van der Waals surface area (Å²) in [5, 5.41) is 11.7. The molecule has 1 rings (SSSR count). The topological polar surface area (TPSA) is 69.6 Å². The minimum atomic E-state index is -0.567. The second kappa shape index (κ2) is 6.76. The molecule has 5 nitrogen and oxygen atoms in total. The van der Waals surface area contributed by atoms with Crippen LogP contribution in [0, 0.1) is 0 Å². The average molecular weight is 250 g/mol. The van der Waals surface area contributed by atoms with E-state index >= 15 is 0 Å². The molecule has 0 atom stereocenters. The van der Waals surface area contributed by atoms with Crippen LogP contribution in [0.15, 0.2) is 24.3 Å². The maximum Gasteiger partial charge on any atom is 0.261 e. The standard InChI is InChI=1S/C13H18N2O3/c1-15(2)9-5-8-12(17)14-13(18)10-6-3-4-7-11(10)16/h3-4,6-7,16H,5,8-9H2,1-2H3,(H,14,17,18). The molecule has 0 unspecified atom stereocenters. The summed E-state index contributed by atoms with van der Waals surface area (Å²) in [4.78, 5) is 25.1. The maximum absolute atomic E-state index is 11.7. The van der Waals surface area contributed by atoms with E-state index < -0.39 is 5.91 Å². The second-order valence-corrected chi connectivity index (χ2v) is 4.30. The van der Waals surface area contributed by atoms with Crippen LogP contribution in [0.4, 0.5) is 0 Å². The van der Waals surface area contributed by atoms with E-state index in [-0.39, 0.29) is 23.6 Å². The average Bonchev–Trinajstić information content (AvgIpc) is 2.28. The van der Waals surface area contributed by atoms with Gasteiger partial charge in [-0.15, -0.1) is 0 Å². The number of nitrogens with zero attached hydrogens (tertiary/aromatic N) is 1. The second-order valence-electron chi connectivity index (χ2n) is 4.30. The van der Waals surface area contributed by atoms with Crippen molar-refractivity contribution in [1.29, 1.82) is 0 Å². The van der Waals surface area contributed by atoms with Crippen molar-refractivity contribution < 1.29 is 14.7 Å². The molecule has 0 fully saturated rings. The van der Waals surface area contributed by atoms with E-state index in [4.69, 9.17) is 0 Å². The van der Waals surface area contributed by atoms with Crippen LogP contribution in [0.25, 0.3) is 0 Å². The van der Waals surface area contributed by atoms with Gasteiger partial charge < -0.3 is 10.0 Å². The van der Waals surface area contributed by atoms with Crippen molar-refractivity contribution in [3.63, 3.8) is 0 Å². The van der Waals surface area contributed by atoms with Crippen molar-refractivity contribution in [3.8, 4) is 5.75 Å². The zero-order valence-electron chi connectivity index (χ0n) is 10.6. The number of carbonyl (C=O) groups excluding carboxylic acids is 2. The molecular weight excluding hydrogens is 232 g/mol. The van der Waals surface area contributed by atoms with Gasteiger partial charge in [-0.3, -0.25) is 14.9 Å². The Balaban J connectivity index is 2.45. The molecule has 98 valence electrons. The van der Waals surface area contributed by atoms with E-state index in [1.165, 1.54) is 12.1 Å². The maximum atomic E-state index is 11.7. The summed E-state index contributed by atoms with van der Waals surface area (Å²) in [6.45, 7) is 0.790. The summed E-state index contributed by atoms with van der Waals surface area (Å²) in [6, 6.07) is 6.12. The third-order valence-corrected chi connectivity index (χ3v) is 2.41. The third kappa shape index (κ3) is 4.55. The zero-order chi connectivity index (χ0) is 13.5. The van der Waals surface area contributed by atoms with Crippen molar-refractivity contribution in [2.45, 2.75) is 12.8 Å². The molecule has 1 aromatic carbocycles. The van der Waals surface area contributed by atoms with E-state index in [0.29, 0.717) is 6.42 Å². The van der Waals surface area contributed by atoms with E-state index in [9.17, 15) is 14.7 Å². The molecule has 1 aromatic rings. The number of benzene rings is 1. The van der Waals surface area contributed by atoms with Crippen LogP contribution < -0.4 is 5.32 Å².